The van der Waals surface area contributed by atoms with Crippen molar-refractivity contribution in [2.45, 2.75) is 38.0 Å². The van der Waals surface area contributed by atoms with Gasteiger partial charge in [-0.3, -0.25) is 9.78 Å². The maximum Gasteiger partial charge on any atom is 0.230 e. The van der Waals surface area contributed by atoms with Crippen molar-refractivity contribution >= 4 is 17.3 Å². The van der Waals surface area contributed by atoms with Gasteiger partial charge in [0.25, 0.3) is 0 Å². The number of piperidine rings is 1. The third-order valence-electron chi connectivity index (χ3n) is 7.21. The van der Waals surface area contributed by atoms with E-state index < -0.39 is 0 Å². The number of anilines is 2. The van der Waals surface area contributed by atoms with Gasteiger partial charge in [-0.25, -0.2) is 0 Å². The van der Waals surface area contributed by atoms with Crippen LogP contribution in [-0.4, -0.2) is 56.8 Å². The number of nitrogens with one attached hydrogen (secondary N) is 1. The second-order valence-electron chi connectivity index (χ2n) is 9.22. The van der Waals surface area contributed by atoms with E-state index in [0.29, 0.717) is 5.92 Å². The lowest BCUT2D eigenvalue weighted by Gasteiger charge is -2.34. The van der Waals surface area contributed by atoms with Gasteiger partial charge < -0.3 is 19.9 Å². The molecule has 0 radical (unpaired) electrons. The first-order valence-corrected chi connectivity index (χ1v) is 12.2. The van der Waals surface area contributed by atoms with E-state index in [-0.39, 0.29) is 11.8 Å². The predicted molar refractivity (Wildman–Crippen MR) is 127 cm³/mol. The van der Waals surface area contributed by atoms with Crippen LogP contribution >= 0.6 is 0 Å². The van der Waals surface area contributed by atoms with Crippen molar-refractivity contribution in [3.63, 3.8) is 0 Å². The van der Waals surface area contributed by atoms with Gasteiger partial charge in [0.2, 0.25) is 5.91 Å². The molecule has 6 nitrogen and oxygen atoms in total. The summed E-state index contributed by atoms with van der Waals surface area (Å²) in [6.07, 6.45) is 6.73. The molecule has 4 heterocycles. The van der Waals surface area contributed by atoms with E-state index in [1.807, 2.05) is 17.2 Å². The molecule has 0 aliphatic carbocycles. The lowest BCUT2D eigenvalue weighted by atomic mass is 9.90. The monoisotopic (exact) mass is 434 g/mol. The molecule has 2 aromatic rings. The van der Waals surface area contributed by atoms with Crippen molar-refractivity contribution in [2.24, 2.45) is 5.92 Å². The SMILES string of the molecule is O=C1C(Cc2ncccc2N2CCNCC2)CCCN1c1ccc(C2CCOCC2)cc1. The van der Waals surface area contributed by atoms with Crippen LogP contribution in [0.3, 0.4) is 0 Å². The average Bonchev–Trinajstić information content (AvgIpc) is 2.87. The van der Waals surface area contributed by atoms with Crippen LogP contribution in [0.25, 0.3) is 0 Å². The second-order valence-corrected chi connectivity index (χ2v) is 9.22. The summed E-state index contributed by atoms with van der Waals surface area (Å²) >= 11 is 0. The van der Waals surface area contributed by atoms with Gasteiger partial charge in [-0.05, 0) is 61.4 Å². The number of benzene rings is 1. The van der Waals surface area contributed by atoms with Crippen molar-refractivity contribution in [3.8, 4) is 0 Å². The average molecular weight is 435 g/mol. The Morgan fingerprint density at radius 3 is 2.56 bits per heavy atom. The fourth-order valence-electron chi connectivity index (χ4n) is 5.37. The zero-order valence-corrected chi connectivity index (χ0v) is 18.8. The molecule has 0 bridgehead atoms. The Hall–Kier alpha value is -2.44. The van der Waals surface area contributed by atoms with E-state index >= 15 is 0 Å². The number of nitrogens with zero attached hydrogens (tertiary/aromatic N) is 3. The van der Waals surface area contributed by atoms with Crippen LogP contribution in [0.5, 0.6) is 0 Å². The van der Waals surface area contributed by atoms with Crippen LogP contribution in [0, 0.1) is 5.92 Å². The van der Waals surface area contributed by atoms with Crippen LogP contribution < -0.4 is 15.1 Å². The largest absolute Gasteiger partial charge is 0.381 e. The van der Waals surface area contributed by atoms with Crippen LogP contribution in [0.15, 0.2) is 42.6 Å². The number of carbonyl (C=O) groups excluding carboxylic acids is 1. The fraction of sp³-hybridized carbons (Fsp3) is 0.538. The number of aromatic nitrogens is 1. The Balaban J connectivity index is 1.29. The minimum Gasteiger partial charge on any atom is -0.381 e. The molecule has 1 unspecified atom stereocenters. The van der Waals surface area contributed by atoms with Crippen LogP contribution in [0.4, 0.5) is 11.4 Å². The highest BCUT2D eigenvalue weighted by Gasteiger charge is 2.31. The maximum atomic E-state index is 13.5. The highest BCUT2D eigenvalue weighted by Crippen LogP contribution is 2.32. The maximum absolute atomic E-state index is 13.5. The van der Waals surface area contributed by atoms with E-state index in [1.165, 1.54) is 11.3 Å². The van der Waals surface area contributed by atoms with Gasteiger partial charge >= 0.3 is 0 Å². The molecule has 0 saturated carbocycles. The first-order valence-electron chi connectivity index (χ1n) is 12.2. The zero-order chi connectivity index (χ0) is 21.8. The first-order chi connectivity index (χ1) is 15.8. The van der Waals surface area contributed by atoms with Crippen molar-refractivity contribution < 1.29 is 9.53 Å². The first kappa shape index (κ1) is 21.4. The predicted octanol–water partition coefficient (Wildman–Crippen LogP) is 3.37. The number of ether oxygens (including phenoxy) is 1. The van der Waals surface area contributed by atoms with E-state index in [9.17, 15) is 4.79 Å². The number of amides is 1. The van der Waals surface area contributed by atoms with E-state index in [2.05, 4.69) is 40.5 Å². The molecule has 1 atom stereocenters. The zero-order valence-electron chi connectivity index (χ0n) is 18.8. The van der Waals surface area contributed by atoms with Crippen LogP contribution in [0.1, 0.15) is 42.9 Å². The molecule has 32 heavy (non-hydrogen) atoms. The van der Waals surface area contributed by atoms with Gasteiger partial charge in [0.05, 0.1) is 11.4 Å². The van der Waals surface area contributed by atoms with Crippen LogP contribution in [-0.2, 0) is 16.0 Å². The van der Waals surface area contributed by atoms with Gasteiger partial charge in [0.15, 0.2) is 0 Å². The third-order valence-corrected chi connectivity index (χ3v) is 7.21. The Morgan fingerprint density at radius 1 is 1.00 bits per heavy atom. The van der Waals surface area contributed by atoms with E-state index in [1.54, 1.807) is 0 Å². The Bertz CT molecular complexity index is 904. The summed E-state index contributed by atoms with van der Waals surface area (Å²) in [5.41, 5.74) is 4.65. The molecule has 5 rings (SSSR count). The number of rotatable bonds is 5. The molecule has 3 saturated heterocycles. The van der Waals surface area contributed by atoms with E-state index in [4.69, 9.17) is 9.72 Å². The molecular formula is C26H34N4O2. The summed E-state index contributed by atoms with van der Waals surface area (Å²) in [5.74, 6) is 0.817. The van der Waals surface area contributed by atoms with Crippen LogP contribution in [0.2, 0.25) is 0 Å². The minimum atomic E-state index is -0.00418. The summed E-state index contributed by atoms with van der Waals surface area (Å²) in [6.45, 7) is 6.47. The topological polar surface area (TPSA) is 57.7 Å². The normalized spacial score (nSPS) is 22.9. The lowest BCUT2D eigenvalue weighted by molar-refractivity contribution is -0.123. The second kappa shape index (κ2) is 10.0. The van der Waals surface area contributed by atoms with Gasteiger partial charge in [0, 0.05) is 70.2 Å². The van der Waals surface area contributed by atoms with Gasteiger partial charge in [-0.1, -0.05) is 12.1 Å². The molecule has 3 fully saturated rings. The number of carbonyl (C=O) groups is 1. The highest BCUT2D eigenvalue weighted by molar-refractivity contribution is 5.96. The Kier molecular flexibility index (Phi) is 6.69. The van der Waals surface area contributed by atoms with Gasteiger partial charge in [0.1, 0.15) is 0 Å². The number of hydrogen-bond acceptors (Lipinski definition) is 5. The summed E-state index contributed by atoms with van der Waals surface area (Å²) in [6, 6.07) is 12.9. The summed E-state index contributed by atoms with van der Waals surface area (Å²) < 4.78 is 5.50. The Labute approximate surface area is 191 Å². The van der Waals surface area contributed by atoms with E-state index in [0.717, 1.165) is 89.4 Å². The van der Waals surface area contributed by atoms with Gasteiger partial charge in [-0.15, -0.1) is 0 Å². The molecule has 3 aliphatic rings. The van der Waals surface area contributed by atoms with Crippen molar-refractivity contribution in [3.05, 3.63) is 53.9 Å². The smallest absolute Gasteiger partial charge is 0.230 e. The molecule has 0 spiro atoms. The fourth-order valence-corrected chi connectivity index (χ4v) is 5.37. The van der Waals surface area contributed by atoms with Crippen molar-refractivity contribution in [1.29, 1.82) is 0 Å². The molecule has 170 valence electrons. The minimum absolute atomic E-state index is 0.00418. The quantitative estimate of drug-likeness (QED) is 0.782. The lowest BCUT2D eigenvalue weighted by Crippen LogP contribution is -2.44. The van der Waals surface area contributed by atoms with Crippen molar-refractivity contribution in [2.75, 3.05) is 55.7 Å². The number of pyridine rings is 1. The molecular weight excluding hydrogens is 400 g/mol. The van der Waals surface area contributed by atoms with Gasteiger partial charge in [-0.2, -0.15) is 0 Å². The summed E-state index contributed by atoms with van der Waals surface area (Å²) in [7, 11) is 0. The number of hydrogen-bond donors (Lipinski definition) is 1. The molecule has 1 amide bonds. The molecule has 6 heteroatoms. The summed E-state index contributed by atoms with van der Waals surface area (Å²) in [5, 5.41) is 3.41. The summed E-state index contributed by atoms with van der Waals surface area (Å²) in [4.78, 5) is 22.6. The number of piperazine rings is 1. The third kappa shape index (κ3) is 4.66. The standard InChI is InChI=1S/C26H34N4O2/c31-26-22(19-24-25(4-1-11-28-24)29-15-12-27-13-16-29)3-2-14-30(26)23-7-5-20(6-8-23)21-9-17-32-18-10-21/h1,4-8,11,21-22,27H,2-3,9-10,12-19H2. The highest BCUT2D eigenvalue weighted by atomic mass is 16.5. The molecule has 1 N–H and O–H groups in total. The molecule has 3 aliphatic heterocycles. The molecule has 1 aromatic carbocycles. The Morgan fingerprint density at radius 2 is 1.78 bits per heavy atom. The molecule has 1 aromatic heterocycles. The van der Waals surface area contributed by atoms with Crippen molar-refractivity contribution in [1.82, 2.24) is 10.3 Å².